The van der Waals surface area contributed by atoms with Crippen molar-refractivity contribution in [2.75, 3.05) is 6.54 Å². The molecule has 4 heteroatoms. The normalized spacial score (nSPS) is 13.4. The Labute approximate surface area is 124 Å². The minimum atomic E-state index is -0.622. The van der Waals surface area contributed by atoms with E-state index in [9.17, 15) is 9.90 Å². The number of aromatic hydroxyl groups is 1. The van der Waals surface area contributed by atoms with Crippen LogP contribution in [0.5, 0.6) is 5.75 Å². The van der Waals surface area contributed by atoms with Crippen LogP contribution in [0.1, 0.15) is 18.1 Å². The van der Waals surface area contributed by atoms with Crippen molar-refractivity contribution in [1.82, 2.24) is 5.32 Å². The van der Waals surface area contributed by atoms with E-state index in [1.807, 2.05) is 37.3 Å². The number of nitrogens with two attached hydrogens (primary N) is 1. The van der Waals surface area contributed by atoms with Crippen LogP contribution < -0.4 is 11.1 Å². The lowest BCUT2D eigenvalue weighted by Gasteiger charge is -2.30. The van der Waals surface area contributed by atoms with Gasteiger partial charge in [0, 0.05) is 12.1 Å². The number of phenols is 1. The minimum absolute atomic E-state index is 0.120. The first kappa shape index (κ1) is 15.1. The zero-order valence-electron chi connectivity index (χ0n) is 12.0. The van der Waals surface area contributed by atoms with Crippen LogP contribution in [0.2, 0.25) is 0 Å². The van der Waals surface area contributed by atoms with Crippen LogP contribution in [0.3, 0.4) is 0 Å². The van der Waals surface area contributed by atoms with Crippen molar-refractivity contribution < 1.29 is 9.90 Å². The van der Waals surface area contributed by atoms with Gasteiger partial charge in [-0.15, -0.1) is 0 Å². The summed E-state index contributed by atoms with van der Waals surface area (Å²) in [4.78, 5) is 12.2. The van der Waals surface area contributed by atoms with E-state index in [0.717, 1.165) is 5.56 Å². The van der Waals surface area contributed by atoms with Crippen molar-refractivity contribution >= 4 is 5.91 Å². The van der Waals surface area contributed by atoms with Crippen molar-refractivity contribution in [3.8, 4) is 5.75 Å². The van der Waals surface area contributed by atoms with Crippen molar-refractivity contribution in [3.63, 3.8) is 0 Å². The summed E-state index contributed by atoms with van der Waals surface area (Å²) in [5.41, 5.74) is 6.78. The molecule has 1 amide bonds. The molecule has 0 bridgehead atoms. The fourth-order valence-electron chi connectivity index (χ4n) is 2.23. The van der Waals surface area contributed by atoms with E-state index in [1.165, 1.54) is 0 Å². The Kier molecular flexibility index (Phi) is 4.60. The first-order valence-corrected chi connectivity index (χ1v) is 6.88. The predicted octanol–water partition coefficient (Wildman–Crippen LogP) is 1.93. The molecule has 0 fully saturated rings. The van der Waals surface area contributed by atoms with E-state index in [0.29, 0.717) is 12.1 Å². The van der Waals surface area contributed by atoms with Gasteiger partial charge in [-0.1, -0.05) is 48.5 Å². The van der Waals surface area contributed by atoms with E-state index in [4.69, 9.17) is 5.73 Å². The number of carbonyl (C=O) groups excluding carboxylic acids is 1. The molecule has 0 heterocycles. The summed E-state index contributed by atoms with van der Waals surface area (Å²) in [5, 5.41) is 12.7. The molecular weight excluding hydrogens is 264 g/mol. The topological polar surface area (TPSA) is 75.3 Å². The summed E-state index contributed by atoms with van der Waals surface area (Å²) in [6, 6.07) is 16.5. The molecule has 4 N–H and O–H groups in total. The molecule has 1 atom stereocenters. The highest BCUT2D eigenvalue weighted by Crippen LogP contribution is 2.20. The molecular formula is C17H20N2O2. The van der Waals surface area contributed by atoms with Crippen LogP contribution in [-0.4, -0.2) is 17.6 Å². The quantitative estimate of drug-likeness (QED) is 0.785. The van der Waals surface area contributed by atoms with Crippen molar-refractivity contribution in [2.45, 2.75) is 18.9 Å². The van der Waals surface area contributed by atoms with Crippen LogP contribution in [0.25, 0.3) is 0 Å². The standard InChI is InChI=1S/C17H20N2O2/c1-17(12-18,14-8-3-2-4-9-14)19-16(21)11-13-7-5-6-10-15(13)20/h2-10,20H,11-12,18H2,1H3,(H,19,21). The first-order valence-electron chi connectivity index (χ1n) is 6.88. The zero-order valence-corrected chi connectivity index (χ0v) is 12.0. The van der Waals surface area contributed by atoms with Gasteiger partial charge in [0.1, 0.15) is 5.75 Å². The Morgan fingerprint density at radius 3 is 2.38 bits per heavy atom. The number of phenolic OH excluding ortho intramolecular Hbond substituents is 1. The summed E-state index contributed by atoms with van der Waals surface area (Å²) < 4.78 is 0. The number of amides is 1. The minimum Gasteiger partial charge on any atom is -0.508 e. The van der Waals surface area contributed by atoms with Gasteiger partial charge in [0.25, 0.3) is 0 Å². The summed E-state index contributed by atoms with van der Waals surface area (Å²) >= 11 is 0. The Bertz CT molecular complexity index is 613. The Hall–Kier alpha value is -2.33. The van der Waals surface area contributed by atoms with E-state index in [2.05, 4.69) is 5.32 Å². The molecule has 0 aliphatic rings. The van der Waals surface area contributed by atoms with Crippen molar-refractivity contribution in [2.24, 2.45) is 5.73 Å². The van der Waals surface area contributed by atoms with E-state index < -0.39 is 5.54 Å². The van der Waals surface area contributed by atoms with Crippen LogP contribution in [0.4, 0.5) is 0 Å². The van der Waals surface area contributed by atoms with Crippen LogP contribution in [-0.2, 0) is 16.8 Å². The molecule has 4 nitrogen and oxygen atoms in total. The molecule has 0 aliphatic heterocycles. The third-order valence-corrected chi connectivity index (χ3v) is 3.58. The smallest absolute Gasteiger partial charge is 0.225 e. The number of hydrogen-bond acceptors (Lipinski definition) is 3. The maximum Gasteiger partial charge on any atom is 0.225 e. The van der Waals surface area contributed by atoms with Crippen LogP contribution in [0, 0.1) is 0 Å². The zero-order chi connectivity index (χ0) is 15.3. The number of carbonyl (C=O) groups is 1. The fourth-order valence-corrected chi connectivity index (χ4v) is 2.23. The molecule has 1 unspecified atom stereocenters. The van der Waals surface area contributed by atoms with Crippen LogP contribution >= 0.6 is 0 Å². The van der Waals surface area contributed by atoms with E-state index in [1.54, 1.807) is 24.3 Å². The molecule has 0 spiro atoms. The summed E-state index contributed by atoms with van der Waals surface area (Å²) in [6.07, 6.45) is 0.120. The van der Waals surface area contributed by atoms with Gasteiger partial charge >= 0.3 is 0 Å². The second-order valence-electron chi connectivity index (χ2n) is 5.26. The third-order valence-electron chi connectivity index (χ3n) is 3.58. The highest BCUT2D eigenvalue weighted by molar-refractivity contribution is 5.80. The SMILES string of the molecule is CC(CN)(NC(=O)Cc1ccccc1O)c1ccccc1. The molecule has 21 heavy (non-hydrogen) atoms. The van der Waals surface area contributed by atoms with E-state index in [-0.39, 0.29) is 18.1 Å². The fraction of sp³-hybridized carbons (Fsp3) is 0.235. The van der Waals surface area contributed by atoms with Gasteiger partial charge in [-0.2, -0.15) is 0 Å². The number of benzene rings is 2. The molecule has 0 radical (unpaired) electrons. The predicted molar refractivity (Wildman–Crippen MR) is 82.8 cm³/mol. The summed E-state index contributed by atoms with van der Waals surface area (Å²) in [7, 11) is 0. The molecule has 0 saturated heterocycles. The van der Waals surface area contributed by atoms with Gasteiger partial charge in [0.2, 0.25) is 5.91 Å². The molecule has 2 aromatic carbocycles. The average Bonchev–Trinajstić information content (AvgIpc) is 2.50. The van der Waals surface area contributed by atoms with Gasteiger partial charge in [-0.3, -0.25) is 4.79 Å². The van der Waals surface area contributed by atoms with Crippen molar-refractivity contribution in [1.29, 1.82) is 0 Å². The monoisotopic (exact) mass is 284 g/mol. The maximum absolute atomic E-state index is 12.2. The van der Waals surface area contributed by atoms with Crippen LogP contribution in [0.15, 0.2) is 54.6 Å². The second kappa shape index (κ2) is 6.41. The summed E-state index contributed by atoms with van der Waals surface area (Å²) in [5.74, 6) is -0.0462. The molecule has 0 saturated carbocycles. The van der Waals surface area contributed by atoms with Gasteiger partial charge in [-0.05, 0) is 18.6 Å². The number of rotatable bonds is 5. The maximum atomic E-state index is 12.2. The molecule has 2 aromatic rings. The Balaban J connectivity index is 2.12. The van der Waals surface area contributed by atoms with Gasteiger partial charge in [-0.25, -0.2) is 0 Å². The molecule has 0 aliphatic carbocycles. The number of nitrogens with one attached hydrogen (secondary N) is 1. The van der Waals surface area contributed by atoms with Crippen molar-refractivity contribution in [3.05, 3.63) is 65.7 Å². The van der Waals surface area contributed by atoms with Gasteiger partial charge in [0.05, 0.1) is 12.0 Å². The van der Waals surface area contributed by atoms with E-state index >= 15 is 0 Å². The highest BCUT2D eigenvalue weighted by Gasteiger charge is 2.26. The second-order valence-corrected chi connectivity index (χ2v) is 5.26. The largest absolute Gasteiger partial charge is 0.508 e. The molecule has 2 rings (SSSR count). The van der Waals surface area contributed by atoms with Gasteiger partial charge in [0.15, 0.2) is 0 Å². The number of para-hydroxylation sites is 1. The lowest BCUT2D eigenvalue weighted by molar-refractivity contribution is -0.122. The lowest BCUT2D eigenvalue weighted by atomic mass is 9.91. The van der Waals surface area contributed by atoms with Gasteiger partial charge < -0.3 is 16.2 Å². The average molecular weight is 284 g/mol. The number of hydrogen-bond donors (Lipinski definition) is 3. The Morgan fingerprint density at radius 1 is 1.14 bits per heavy atom. The first-order chi connectivity index (χ1) is 10.0. The molecule has 0 aromatic heterocycles. The Morgan fingerprint density at radius 2 is 1.76 bits per heavy atom. The third kappa shape index (κ3) is 3.61. The summed E-state index contributed by atoms with van der Waals surface area (Å²) in [6.45, 7) is 2.19. The lowest BCUT2D eigenvalue weighted by Crippen LogP contribution is -2.49. The molecule has 110 valence electrons. The highest BCUT2D eigenvalue weighted by atomic mass is 16.3.